The van der Waals surface area contributed by atoms with Crippen molar-refractivity contribution in [3.05, 3.63) is 57.5 Å². The zero-order chi connectivity index (χ0) is 14.2. The summed E-state index contributed by atoms with van der Waals surface area (Å²) in [5.74, 6) is -3.16. The Balaban J connectivity index is 2.69. The highest BCUT2D eigenvalue weighted by Gasteiger charge is 2.14. The average molecular weight is 266 g/mol. The van der Waals surface area contributed by atoms with Crippen molar-refractivity contribution in [2.24, 2.45) is 0 Å². The summed E-state index contributed by atoms with van der Waals surface area (Å²) >= 11 is 0. The number of aromatic nitrogens is 2. The van der Waals surface area contributed by atoms with Crippen molar-refractivity contribution in [2.45, 2.75) is 6.92 Å². The third kappa shape index (κ3) is 2.49. The van der Waals surface area contributed by atoms with Crippen molar-refractivity contribution in [3.63, 3.8) is 0 Å². The minimum atomic E-state index is -1.50. The molecule has 98 valence electrons. The minimum Gasteiger partial charge on any atom is -0.476 e. The number of carboxylic acids is 1. The molecule has 19 heavy (non-hydrogen) atoms. The molecule has 0 amide bonds. The van der Waals surface area contributed by atoms with Crippen LogP contribution in [0.3, 0.4) is 0 Å². The summed E-state index contributed by atoms with van der Waals surface area (Å²) in [4.78, 5) is 22.4. The Labute approximate surface area is 105 Å². The summed E-state index contributed by atoms with van der Waals surface area (Å²) in [5.41, 5.74) is -1.34. The first-order chi connectivity index (χ1) is 8.88. The largest absolute Gasteiger partial charge is 0.476 e. The molecule has 0 saturated carbocycles. The van der Waals surface area contributed by atoms with Crippen molar-refractivity contribution < 1.29 is 18.7 Å². The maximum absolute atomic E-state index is 13.1. The van der Waals surface area contributed by atoms with Crippen LogP contribution in [0.25, 0.3) is 5.69 Å². The summed E-state index contributed by atoms with van der Waals surface area (Å²) in [6.45, 7) is 1.39. The highest BCUT2D eigenvalue weighted by Crippen LogP contribution is 2.12. The van der Waals surface area contributed by atoms with Gasteiger partial charge in [0.05, 0.1) is 5.69 Å². The fourth-order valence-corrected chi connectivity index (χ4v) is 1.55. The smallest absolute Gasteiger partial charge is 0.360 e. The first-order valence-electron chi connectivity index (χ1n) is 5.19. The van der Waals surface area contributed by atoms with Crippen LogP contribution in [0, 0.1) is 18.6 Å². The van der Waals surface area contributed by atoms with Crippen LogP contribution in [0.15, 0.2) is 29.2 Å². The molecule has 0 fully saturated rings. The molecule has 0 bridgehead atoms. The minimum absolute atomic E-state index is 0.0110. The second kappa shape index (κ2) is 4.60. The van der Waals surface area contributed by atoms with E-state index in [2.05, 4.69) is 5.10 Å². The van der Waals surface area contributed by atoms with Gasteiger partial charge in [0, 0.05) is 17.8 Å². The molecule has 0 atom stereocenters. The molecule has 2 rings (SSSR count). The number of aromatic carboxylic acids is 1. The number of rotatable bonds is 2. The molecule has 2 aromatic rings. The SMILES string of the molecule is Cc1cn(-c2cc(F)cc(F)c2)nc(C(=O)O)c1=O. The molecule has 0 saturated heterocycles. The van der Waals surface area contributed by atoms with Gasteiger partial charge in [0.15, 0.2) is 0 Å². The predicted octanol–water partition coefficient (Wildman–Crippen LogP) is 1.52. The van der Waals surface area contributed by atoms with Gasteiger partial charge in [0.2, 0.25) is 11.1 Å². The van der Waals surface area contributed by atoms with E-state index in [-0.39, 0.29) is 11.3 Å². The second-order valence-corrected chi connectivity index (χ2v) is 3.87. The standard InChI is InChI=1S/C12H8F2N2O3/c1-6-5-16(15-10(11(6)17)12(18)19)9-3-7(13)2-8(14)4-9/h2-5H,1H3,(H,18,19). The molecular weight excluding hydrogens is 258 g/mol. The molecule has 0 radical (unpaired) electrons. The summed E-state index contributed by atoms with van der Waals surface area (Å²) in [5, 5.41) is 12.4. The lowest BCUT2D eigenvalue weighted by atomic mass is 10.2. The molecular formula is C12H8F2N2O3. The molecule has 0 unspecified atom stereocenters. The molecule has 5 nitrogen and oxygen atoms in total. The molecule has 1 heterocycles. The molecule has 0 aliphatic rings. The third-order valence-electron chi connectivity index (χ3n) is 2.41. The number of carbonyl (C=O) groups is 1. The number of hydrogen-bond donors (Lipinski definition) is 1. The lowest BCUT2D eigenvalue weighted by molar-refractivity contribution is 0.0686. The molecule has 0 aliphatic carbocycles. The highest BCUT2D eigenvalue weighted by molar-refractivity contribution is 5.85. The second-order valence-electron chi connectivity index (χ2n) is 3.87. The first kappa shape index (κ1) is 12.9. The van der Waals surface area contributed by atoms with E-state index >= 15 is 0 Å². The van der Waals surface area contributed by atoms with Crippen molar-refractivity contribution in [1.82, 2.24) is 9.78 Å². The van der Waals surface area contributed by atoms with Crippen LogP contribution in [0.4, 0.5) is 8.78 Å². The molecule has 1 N–H and O–H groups in total. The zero-order valence-corrected chi connectivity index (χ0v) is 9.72. The number of aryl methyl sites for hydroxylation is 1. The third-order valence-corrected chi connectivity index (χ3v) is 2.41. The van der Waals surface area contributed by atoms with Crippen LogP contribution in [-0.2, 0) is 0 Å². The Morgan fingerprint density at radius 2 is 1.84 bits per heavy atom. The normalized spacial score (nSPS) is 10.5. The van der Waals surface area contributed by atoms with Gasteiger partial charge in [-0.3, -0.25) is 4.79 Å². The zero-order valence-electron chi connectivity index (χ0n) is 9.72. The van der Waals surface area contributed by atoms with Crippen LogP contribution >= 0.6 is 0 Å². The van der Waals surface area contributed by atoms with Crippen LogP contribution < -0.4 is 5.43 Å². The van der Waals surface area contributed by atoms with E-state index in [1.807, 2.05) is 0 Å². The number of halogens is 2. The Hall–Kier alpha value is -2.57. The van der Waals surface area contributed by atoms with E-state index in [4.69, 9.17) is 5.11 Å². The van der Waals surface area contributed by atoms with Crippen LogP contribution in [-0.4, -0.2) is 20.9 Å². The number of carboxylic acid groups (broad SMARTS) is 1. The molecule has 7 heteroatoms. The van der Waals surface area contributed by atoms with Gasteiger partial charge in [-0.1, -0.05) is 0 Å². The monoisotopic (exact) mass is 266 g/mol. The lowest BCUT2D eigenvalue weighted by Gasteiger charge is -2.07. The number of nitrogens with zero attached hydrogens (tertiary/aromatic N) is 2. The van der Waals surface area contributed by atoms with E-state index in [9.17, 15) is 18.4 Å². The van der Waals surface area contributed by atoms with Gasteiger partial charge in [0.1, 0.15) is 11.6 Å². The van der Waals surface area contributed by atoms with Crippen LogP contribution in [0.1, 0.15) is 16.1 Å². The van der Waals surface area contributed by atoms with Gasteiger partial charge in [-0.05, 0) is 19.1 Å². The van der Waals surface area contributed by atoms with Crippen molar-refractivity contribution >= 4 is 5.97 Å². The molecule has 1 aromatic carbocycles. The van der Waals surface area contributed by atoms with E-state index in [0.29, 0.717) is 6.07 Å². The summed E-state index contributed by atoms with van der Waals surface area (Å²) in [6.07, 6.45) is 1.21. The maximum Gasteiger partial charge on any atom is 0.360 e. The fourth-order valence-electron chi connectivity index (χ4n) is 1.55. The molecule has 0 spiro atoms. The fraction of sp³-hybridized carbons (Fsp3) is 0.0833. The van der Waals surface area contributed by atoms with Crippen molar-refractivity contribution in [2.75, 3.05) is 0 Å². The lowest BCUT2D eigenvalue weighted by Crippen LogP contribution is -2.23. The van der Waals surface area contributed by atoms with Gasteiger partial charge in [-0.15, -0.1) is 0 Å². The van der Waals surface area contributed by atoms with Crippen LogP contribution in [0.2, 0.25) is 0 Å². The van der Waals surface area contributed by atoms with Gasteiger partial charge in [-0.2, -0.15) is 5.10 Å². The average Bonchev–Trinajstić information content (AvgIpc) is 2.30. The molecule has 1 aromatic heterocycles. The van der Waals surface area contributed by atoms with E-state index in [1.165, 1.54) is 13.1 Å². The molecule has 0 aliphatic heterocycles. The topological polar surface area (TPSA) is 72.2 Å². The Kier molecular flexibility index (Phi) is 3.12. The van der Waals surface area contributed by atoms with E-state index in [0.717, 1.165) is 16.8 Å². The van der Waals surface area contributed by atoms with E-state index in [1.54, 1.807) is 0 Å². The van der Waals surface area contributed by atoms with Crippen molar-refractivity contribution in [3.8, 4) is 5.69 Å². The van der Waals surface area contributed by atoms with Gasteiger partial charge in [0.25, 0.3) is 0 Å². The first-order valence-corrected chi connectivity index (χ1v) is 5.19. The summed E-state index contributed by atoms with van der Waals surface area (Å²) < 4.78 is 27.1. The van der Waals surface area contributed by atoms with Gasteiger partial charge >= 0.3 is 5.97 Å². The van der Waals surface area contributed by atoms with Gasteiger partial charge in [-0.25, -0.2) is 18.3 Å². The quantitative estimate of drug-likeness (QED) is 0.894. The van der Waals surface area contributed by atoms with E-state index < -0.39 is 28.7 Å². The maximum atomic E-state index is 13.1. The van der Waals surface area contributed by atoms with Crippen molar-refractivity contribution in [1.29, 1.82) is 0 Å². The number of benzene rings is 1. The predicted molar refractivity (Wildman–Crippen MR) is 61.4 cm³/mol. The van der Waals surface area contributed by atoms with Gasteiger partial charge < -0.3 is 5.11 Å². The Bertz CT molecular complexity index is 705. The highest BCUT2D eigenvalue weighted by atomic mass is 19.1. The summed E-state index contributed by atoms with van der Waals surface area (Å²) in [6, 6.07) is 2.63. The Morgan fingerprint density at radius 1 is 1.26 bits per heavy atom. The van der Waals surface area contributed by atoms with Crippen LogP contribution in [0.5, 0.6) is 0 Å². The number of hydrogen-bond acceptors (Lipinski definition) is 3. The Morgan fingerprint density at radius 3 is 2.37 bits per heavy atom. The summed E-state index contributed by atoms with van der Waals surface area (Å²) in [7, 11) is 0.